The molecule has 8 heteroatoms. The van der Waals surface area contributed by atoms with Gasteiger partial charge in [-0.15, -0.1) is 11.3 Å². The predicted molar refractivity (Wildman–Crippen MR) is 99.6 cm³/mol. The van der Waals surface area contributed by atoms with Gasteiger partial charge >= 0.3 is 6.18 Å². The lowest BCUT2D eigenvalue weighted by atomic mass is 10.1. The summed E-state index contributed by atoms with van der Waals surface area (Å²) >= 11 is 1.32. The van der Waals surface area contributed by atoms with Gasteiger partial charge < -0.3 is 5.11 Å². The molecule has 0 aliphatic rings. The molecule has 4 nitrogen and oxygen atoms in total. The van der Waals surface area contributed by atoms with E-state index in [1.54, 1.807) is 16.9 Å². The third-order valence-corrected chi connectivity index (χ3v) is 5.57. The predicted octanol–water partition coefficient (Wildman–Crippen LogP) is 5.23. The highest BCUT2D eigenvalue weighted by Gasteiger charge is 2.28. The summed E-state index contributed by atoms with van der Waals surface area (Å²) in [5.74, 6) is 0. The van der Waals surface area contributed by atoms with Crippen LogP contribution in [0.4, 0.5) is 13.2 Å². The Balaban J connectivity index is 1.63. The summed E-state index contributed by atoms with van der Waals surface area (Å²) in [5.41, 5.74) is 2.57. The molecule has 0 bridgehead atoms. The minimum absolute atomic E-state index is 0.329. The first-order valence-corrected chi connectivity index (χ1v) is 9.18. The Bertz CT molecular complexity index is 1120. The van der Waals surface area contributed by atoms with Gasteiger partial charge in [-0.25, -0.2) is 4.98 Å². The first kappa shape index (κ1) is 17.9. The second kappa shape index (κ2) is 6.61. The van der Waals surface area contributed by atoms with E-state index in [2.05, 4.69) is 10.1 Å². The van der Waals surface area contributed by atoms with Gasteiger partial charge in [0.25, 0.3) is 0 Å². The number of aromatic nitrogens is 3. The van der Waals surface area contributed by atoms with Crippen molar-refractivity contribution in [3.8, 4) is 11.1 Å². The van der Waals surface area contributed by atoms with Gasteiger partial charge in [-0.05, 0) is 35.6 Å². The molecule has 27 heavy (non-hydrogen) atoms. The summed E-state index contributed by atoms with van der Waals surface area (Å²) in [6, 6.07) is 9.59. The van der Waals surface area contributed by atoms with Crippen LogP contribution in [-0.2, 0) is 7.05 Å². The fourth-order valence-corrected chi connectivity index (χ4v) is 4.15. The largest absolute Gasteiger partial charge is 0.389 e. The van der Waals surface area contributed by atoms with Crippen LogP contribution in [0.1, 0.15) is 23.8 Å². The lowest BCUT2D eigenvalue weighted by molar-refractivity contribution is -0.140. The molecule has 0 saturated carbocycles. The molecule has 1 aromatic carbocycles. The van der Waals surface area contributed by atoms with Crippen molar-refractivity contribution >= 4 is 32.5 Å². The Labute approximate surface area is 156 Å². The molecule has 3 aromatic heterocycles. The molecule has 0 radical (unpaired) electrons. The van der Waals surface area contributed by atoms with Crippen LogP contribution < -0.4 is 0 Å². The van der Waals surface area contributed by atoms with Crippen LogP contribution in [0.15, 0.2) is 42.7 Å². The number of aliphatic hydroxyl groups is 1. The quantitative estimate of drug-likeness (QED) is 0.519. The zero-order chi connectivity index (χ0) is 19.2. The molecule has 140 valence electrons. The lowest BCUT2D eigenvalue weighted by Crippen LogP contribution is -2.09. The highest BCUT2D eigenvalue weighted by atomic mass is 32.1. The molecule has 0 aliphatic carbocycles. The third-order valence-electron chi connectivity index (χ3n) is 4.38. The smallest absolute Gasteiger partial charge is 0.388 e. The average molecular weight is 391 g/mol. The molecule has 3 heterocycles. The number of rotatable bonds is 4. The number of hydrogen-bond donors (Lipinski definition) is 1. The van der Waals surface area contributed by atoms with E-state index >= 15 is 0 Å². The Hall–Kier alpha value is -2.45. The summed E-state index contributed by atoms with van der Waals surface area (Å²) in [4.78, 5) is 4.91. The third kappa shape index (κ3) is 3.81. The summed E-state index contributed by atoms with van der Waals surface area (Å²) in [6.45, 7) is 0. The lowest BCUT2D eigenvalue weighted by Gasteiger charge is -2.10. The summed E-state index contributed by atoms with van der Waals surface area (Å²) in [5, 5.41) is 16.2. The summed E-state index contributed by atoms with van der Waals surface area (Å²) < 4.78 is 39.7. The van der Waals surface area contributed by atoms with E-state index in [9.17, 15) is 18.3 Å². The molecule has 0 amide bonds. The molecule has 4 rings (SSSR count). The standard InChI is InChI=1S/C19H16F3N3OS/c1-25-10-14-6-13(9-23-18(14)24-25)11-2-3-12-8-17(27-16(12)7-11)15(26)4-5-19(20,21)22/h2-3,6-10,15,26H,4-5H2,1H3/t15-/m0/s1. The maximum Gasteiger partial charge on any atom is 0.389 e. The van der Waals surface area contributed by atoms with Gasteiger partial charge in [0.1, 0.15) is 0 Å². The van der Waals surface area contributed by atoms with E-state index < -0.39 is 18.7 Å². The maximum atomic E-state index is 12.4. The number of alkyl halides is 3. The van der Waals surface area contributed by atoms with Crippen molar-refractivity contribution in [3.63, 3.8) is 0 Å². The number of hydrogen-bond acceptors (Lipinski definition) is 4. The molecule has 0 saturated heterocycles. The van der Waals surface area contributed by atoms with Crippen LogP contribution in [0.25, 0.3) is 32.2 Å². The summed E-state index contributed by atoms with van der Waals surface area (Å²) in [7, 11) is 1.84. The molecule has 0 aliphatic heterocycles. The molecule has 0 spiro atoms. The second-order valence-corrected chi connectivity index (χ2v) is 7.63. The van der Waals surface area contributed by atoms with Crippen LogP contribution in [0.3, 0.4) is 0 Å². The zero-order valence-electron chi connectivity index (χ0n) is 14.4. The molecule has 4 aromatic rings. The molecular formula is C19H16F3N3OS. The minimum Gasteiger partial charge on any atom is -0.388 e. The molecule has 1 atom stereocenters. The first-order valence-electron chi connectivity index (χ1n) is 8.36. The van der Waals surface area contributed by atoms with Gasteiger partial charge in [-0.3, -0.25) is 4.68 Å². The molecule has 0 fully saturated rings. The van der Waals surface area contributed by atoms with Crippen LogP contribution in [0.2, 0.25) is 0 Å². The number of aliphatic hydroxyl groups excluding tert-OH is 1. The van der Waals surface area contributed by atoms with Crippen molar-refractivity contribution in [2.75, 3.05) is 0 Å². The van der Waals surface area contributed by atoms with Gasteiger partial charge in [0.15, 0.2) is 5.65 Å². The number of aryl methyl sites for hydroxylation is 1. The minimum atomic E-state index is -4.26. The Morgan fingerprint density at radius 1 is 1.15 bits per heavy atom. The Morgan fingerprint density at radius 2 is 1.96 bits per heavy atom. The van der Waals surface area contributed by atoms with Crippen molar-refractivity contribution < 1.29 is 18.3 Å². The molecule has 0 unspecified atom stereocenters. The summed E-state index contributed by atoms with van der Waals surface area (Å²) in [6.07, 6.45) is -3.05. The highest BCUT2D eigenvalue weighted by Crippen LogP contribution is 2.36. The monoisotopic (exact) mass is 391 g/mol. The van der Waals surface area contributed by atoms with Gasteiger partial charge in [0, 0.05) is 46.4 Å². The molecular weight excluding hydrogens is 375 g/mol. The Kier molecular flexibility index (Phi) is 4.39. The van der Waals surface area contributed by atoms with Crippen LogP contribution >= 0.6 is 11.3 Å². The van der Waals surface area contributed by atoms with E-state index in [0.717, 1.165) is 26.6 Å². The van der Waals surface area contributed by atoms with Crippen LogP contribution in [0, 0.1) is 0 Å². The van der Waals surface area contributed by atoms with Crippen molar-refractivity contribution in [2.45, 2.75) is 25.1 Å². The number of thiophene rings is 1. The van der Waals surface area contributed by atoms with Gasteiger partial charge in [0.05, 0.1) is 6.10 Å². The number of benzene rings is 1. The number of pyridine rings is 1. The van der Waals surface area contributed by atoms with Crippen LogP contribution in [0.5, 0.6) is 0 Å². The van der Waals surface area contributed by atoms with Crippen molar-refractivity contribution in [2.24, 2.45) is 7.05 Å². The van der Waals surface area contributed by atoms with Gasteiger partial charge in [-0.2, -0.15) is 18.3 Å². The highest BCUT2D eigenvalue weighted by molar-refractivity contribution is 7.19. The van der Waals surface area contributed by atoms with Gasteiger partial charge in [-0.1, -0.05) is 12.1 Å². The fourth-order valence-electron chi connectivity index (χ4n) is 3.03. The first-order chi connectivity index (χ1) is 12.8. The second-order valence-electron chi connectivity index (χ2n) is 6.51. The van der Waals surface area contributed by atoms with Crippen molar-refractivity contribution in [1.29, 1.82) is 0 Å². The number of halogens is 3. The van der Waals surface area contributed by atoms with Crippen LogP contribution in [-0.4, -0.2) is 26.0 Å². The normalized spacial score (nSPS) is 13.5. The SMILES string of the molecule is Cn1cc2cc(-c3ccc4cc([C@@H](O)CCC(F)(F)F)sc4c3)cnc2n1. The van der Waals surface area contributed by atoms with E-state index in [-0.39, 0.29) is 6.42 Å². The Morgan fingerprint density at radius 3 is 2.74 bits per heavy atom. The zero-order valence-corrected chi connectivity index (χ0v) is 15.2. The van der Waals surface area contributed by atoms with E-state index in [1.165, 1.54) is 11.3 Å². The van der Waals surface area contributed by atoms with E-state index in [4.69, 9.17) is 0 Å². The van der Waals surface area contributed by atoms with E-state index in [0.29, 0.717) is 10.5 Å². The average Bonchev–Trinajstić information content (AvgIpc) is 3.19. The van der Waals surface area contributed by atoms with Gasteiger partial charge in [0.2, 0.25) is 0 Å². The van der Waals surface area contributed by atoms with Crippen molar-refractivity contribution in [1.82, 2.24) is 14.8 Å². The number of fused-ring (bicyclic) bond motifs is 2. The topological polar surface area (TPSA) is 50.9 Å². The molecule has 1 N–H and O–H groups in total. The number of nitrogens with zero attached hydrogens (tertiary/aromatic N) is 3. The van der Waals surface area contributed by atoms with E-state index in [1.807, 2.05) is 37.5 Å². The fraction of sp³-hybridized carbons (Fsp3) is 0.263. The maximum absolute atomic E-state index is 12.4. The van der Waals surface area contributed by atoms with Crippen molar-refractivity contribution in [3.05, 3.63) is 47.6 Å².